The zero-order valence-electron chi connectivity index (χ0n) is 17.1. The van der Waals surface area contributed by atoms with Crippen molar-refractivity contribution in [3.05, 3.63) is 12.2 Å². The normalized spacial score (nSPS) is 12.2. The van der Waals surface area contributed by atoms with Crippen LogP contribution in [0.1, 0.15) is 90.4 Å². The highest BCUT2D eigenvalue weighted by Crippen LogP contribution is 2.10. The number of rotatable bonds is 17. The predicted molar refractivity (Wildman–Crippen MR) is 109 cm³/mol. The Balaban J connectivity index is 0. The summed E-state index contributed by atoms with van der Waals surface area (Å²) in [6.07, 6.45) is 17.4. The van der Waals surface area contributed by atoms with Gasteiger partial charge in [-0.3, -0.25) is 0 Å². The molecule has 162 valence electrons. The first-order valence-corrected chi connectivity index (χ1v) is 10.4. The molecule has 0 aliphatic rings. The van der Waals surface area contributed by atoms with Crippen LogP contribution in [0.3, 0.4) is 0 Å². The Hall–Kier alpha value is -0.950. The van der Waals surface area contributed by atoms with E-state index in [0.717, 1.165) is 32.1 Å². The fourth-order valence-corrected chi connectivity index (χ4v) is 2.41. The van der Waals surface area contributed by atoms with Gasteiger partial charge in [0.1, 0.15) is 6.10 Å². The molecule has 0 aromatic carbocycles. The molecule has 0 aliphatic heterocycles. The van der Waals surface area contributed by atoms with Gasteiger partial charge in [-0.25, -0.2) is 4.79 Å². The summed E-state index contributed by atoms with van der Waals surface area (Å²) < 4.78 is 0. The second kappa shape index (κ2) is 23.1. The Labute approximate surface area is 164 Å². The summed E-state index contributed by atoms with van der Waals surface area (Å²) in [4.78, 5) is 10.4. The maximum Gasteiger partial charge on any atom is 0.332 e. The minimum atomic E-state index is -1.18. The molecular formula is C21H42O6. The quantitative estimate of drug-likeness (QED) is 0.192. The van der Waals surface area contributed by atoms with Crippen LogP contribution in [0.4, 0.5) is 0 Å². The second-order valence-corrected chi connectivity index (χ2v) is 6.89. The smallest absolute Gasteiger partial charge is 0.332 e. The largest absolute Gasteiger partial charge is 0.479 e. The van der Waals surface area contributed by atoms with Gasteiger partial charge in [0.05, 0.1) is 13.2 Å². The Morgan fingerprint density at radius 1 is 0.778 bits per heavy atom. The highest BCUT2D eigenvalue weighted by atomic mass is 16.4. The van der Waals surface area contributed by atoms with E-state index in [4.69, 9.17) is 25.5 Å². The van der Waals surface area contributed by atoms with E-state index in [1.54, 1.807) is 0 Å². The number of aliphatic hydroxyl groups excluding tert-OH is 4. The lowest BCUT2D eigenvalue weighted by molar-refractivity contribution is -0.146. The van der Waals surface area contributed by atoms with Crippen molar-refractivity contribution < 1.29 is 30.3 Å². The molecule has 0 bridgehead atoms. The number of hydrogen-bond acceptors (Lipinski definition) is 5. The number of aliphatic hydroxyl groups is 4. The molecule has 0 rings (SSSR count). The summed E-state index contributed by atoms with van der Waals surface area (Å²) >= 11 is 0. The fraction of sp³-hybridized carbons (Fsp3) is 0.857. The van der Waals surface area contributed by atoms with Crippen molar-refractivity contribution >= 4 is 5.97 Å². The molecule has 0 amide bonds. The van der Waals surface area contributed by atoms with Crippen molar-refractivity contribution in [2.24, 2.45) is 0 Å². The third-order valence-corrected chi connectivity index (χ3v) is 4.20. The van der Waals surface area contributed by atoms with Gasteiger partial charge in [0.2, 0.25) is 0 Å². The van der Waals surface area contributed by atoms with E-state index in [2.05, 4.69) is 19.1 Å². The lowest BCUT2D eigenvalue weighted by Gasteiger charge is -2.04. The van der Waals surface area contributed by atoms with Gasteiger partial charge in [0, 0.05) is 0 Å². The number of unbranched alkanes of at least 4 members (excludes halogenated alkanes) is 10. The van der Waals surface area contributed by atoms with Crippen molar-refractivity contribution in [1.29, 1.82) is 0 Å². The van der Waals surface area contributed by atoms with Crippen molar-refractivity contribution in [1.82, 2.24) is 0 Å². The molecule has 5 N–H and O–H groups in total. The first kappa shape index (κ1) is 28.3. The van der Waals surface area contributed by atoms with Gasteiger partial charge in [-0.05, 0) is 32.1 Å². The van der Waals surface area contributed by atoms with Gasteiger partial charge >= 0.3 is 5.97 Å². The van der Waals surface area contributed by atoms with Crippen LogP contribution in [0.2, 0.25) is 0 Å². The number of hydrogen-bond donors (Lipinski definition) is 5. The van der Waals surface area contributed by atoms with Crippen LogP contribution in [0.5, 0.6) is 0 Å². The molecule has 0 heterocycles. The van der Waals surface area contributed by atoms with Crippen molar-refractivity contribution in [3.63, 3.8) is 0 Å². The summed E-state index contributed by atoms with van der Waals surface area (Å²) in [5.74, 6) is -1.10. The topological polar surface area (TPSA) is 118 Å². The SMILES string of the molecule is CCCCCCCCC=CCCCCCCC(O)C(=O)O.OCC(O)CO. The molecule has 0 fully saturated rings. The molecular weight excluding hydrogens is 348 g/mol. The van der Waals surface area contributed by atoms with Crippen LogP contribution in [0.15, 0.2) is 12.2 Å². The summed E-state index contributed by atoms with van der Waals surface area (Å²) in [5, 5.41) is 41.6. The van der Waals surface area contributed by atoms with E-state index < -0.39 is 18.2 Å². The van der Waals surface area contributed by atoms with E-state index in [0.29, 0.717) is 6.42 Å². The van der Waals surface area contributed by atoms with Crippen LogP contribution in [0.25, 0.3) is 0 Å². The van der Waals surface area contributed by atoms with Crippen LogP contribution >= 0.6 is 0 Å². The average molecular weight is 391 g/mol. The monoisotopic (exact) mass is 390 g/mol. The number of carboxylic acid groups (broad SMARTS) is 1. The predicted octanol–water partition coefficient (Wildman–Crippen LogP) is 3.41. The van der Waals surface area contributed by atoms with Gasteiger partial charge in [-0.1, -0.05) is 70.4 Å². The van der Waals surface area contributed by atoms with Gasteiger partial charge in [0.15, 0.2) is 6.10 Å². The maximum atomic E-state index is 10.4. The number of aliphatic carboxylic acids is 1. The molecule has 0 aromatic rings. The molecule has 0 saturated heterocycles. The second-order valence-electron chi connectivity index (χ2n) is 6.89. The molecule has 1 unspecified atom stereocenters. The molecule has 6 heteroatoms. The van der Waals surface area contributed by atoms with E-state index in [-0.39, 0.29) is 13.2 Å². The molecule has 0 saturated carbocycles. The van der Waals surface area contributed by atoms with Crippen LogP contribution < -0.4 is 0 Å². The zero-order valence-corrected chi connectivity index (χ0v) is 17.1. The van der Waals surface area contributed by atoms with Crippen LogP contribution in [-0.2, 0) is 4.79 Å². The minimum absolute atomic E-state index is 0.365. The van der Waals surface area contributed by atoms with Gasteiger partial charge < -0.3 is 25.5 Å². The van der Waals surface area contributed by atoms with E-state index in [1.807, 2.05) is 0 Å². The molecule has 6 nitrogen and oxygen atoms in total. The molecule has 0 radical (unpaired) electrons. The summed E-state index contributed by atoms with van der Waals surface area (Å²) in [6.45, 7) is 1.52. The Bertz CT molecular complexity index is 329. The molecule has 0 aromatic heterocycles. The van der Waals surface area contributed by atoms with Crippen molar-refractivity contribution in [2.45, 2.75) is 103 Å². The Morgan fingerprint density at radius 2 is 1.22 bits per heavy atom. The first-order chi connectivity index (χ1) is 13.0. The summed E-state index contributed by atoms with van der Waals surface area (Å²) in [5.41, 5.74) is 0. The van der Waals surface area contributed by atoms with Gasteiger partial charge in [-0.15, -0.1) is 0 Å². The number of carboxylic acids is 1. The van der Waals surface area contributed by atoms with Crippen LogP contribution in [-0.4, -0.2) is 56.9 Å². The Morgan fingerprint density at radius 3 is 1.63 bits per heavy atom. The Kier molecular flexibility index (Phi) is 24.2. The summed E-state index contributed by atoms with van der Waals surface area (Å²) in [7, 11) is 0. The molecule has 27 heavy (non-hydrogen) atoms. The minimum Gasteiger partial charge on any atom is -0.479 e. The lowest BCUT2D eigenvalue weighted by Crippen LogP contribution is -2.18. The summed E-state index contributed by atoms with van der Waals surface area (Å²) in [6, 6.07) is 0. The lowest BCUT2D eigenvalue weighted by atomic mass is 10.1. The number of allylic oxidation sites excluding steroid dienone is 2. The zero-order chi connectivity index (χ0) is 20.8. The van der Waals surface area contributed by atoms with Gasteiger partial charge in [-0.2, -0.15) is 0 Å². The third kappa shape index (κ3) is 25.1. The van der Waals surface area contributed by atoms with E-state index in [1.165, 1.54) is 44.9 Å². The molecule has 0 spiro atoms. The highest BCUT2D eigenvalue weighted by Gasteiger charge is 2.11. The van der Waals surface area contributed by atoms with E-state index >= 15 is 0 Å². The van der Waals surface area contributed by atoms with Crippen molar-refractivity contribution in [2.75, 3.05) is 13.2 Å². The number of carbonyl (C=O) groups is 1. The van der Waals surface area contributed by atoms with Gasteiger partial charge in [0.25, 0.3) is 0 Å². The highest BCUT2D eigenvalue weighted by molar-refractivity contribution is 5.71. The average Bonchev–Trinajstić information content (AvgIpc) is 2.67. The maximum absolute atomic E-state index is 10.4. The molecule has 1 atom stereocenters. The van der Waals surface area contributed by atoms with Crippen molar-refractivity contribution in [3.8, 4) is 0 Å². The molecule has 0 aliphatic carbocycles. The fourth-order valence-electron chi connectivity index (χ4n) is 2.41. The standard InChI is InChI=1S/C18H34O3.C3H8O3/c1-2-3-4-5-6-7-8-9-10-11-12-13-14-15-16-17(19)18(20)21;4-1-3(6)2-5/h9-10,17,19H,2-8,11-16H2,1H3,(H,20,21);3-6H,1-2H2. The first-order valence-electron chi connectivity index (χ1n) is 10.4. The van der Waals surface area contributed by atoms with E-state index in [9.17, 15) is 4.79 Å². The van der Waals surface area contributed by atoms with Crippen LogP contribution in [0, 0.1) is 0 Å². The third-order valence-electron chi connectivity index (χ3n) is 4.20.